The second-order valence-corrected chi connectivity index (χ2v) is 7.45. The zero-order chi connectivity index (χ0) is 21.7. The summed E-state index contributed by atoms with van der Waals surface area (Å²) in [6.45, 7) is 7.43. The van der Waals surface area contributed by atoms with Gasteiger partial charge in [-0.05, 0) is 57.4 Å². The molecule has 30 heavy (non-hydrogen) atoms. The molecule has 0 saturated carbocycles. The minimum Gasteiger partial charge on any atom is -0.462 e. The van der Waals surface area contributed by atoms with E-state index in [9.17, 15) is 14.4 Å². The number of aromatic nitrogens is 1. The number of carbonyl (C=O) groups excluding carboxylic acids is 3. The summed E-state index contributed by atoms with van der Waals surface area (Å²) in [7, 11) is 0. The molecule has 1 saturated heterocycles. The Balaban J connectivity index is 1.56. The Morgan fingerprint density at radius 3 is 2.30 bits per heavy atom. The van der Waals surface area contributed by atoms with E-state index < -0.39 is 11.9 Å². The smallest absolute Gasteiger partial charge is 0.339 e. The number of ether oxygens (including phenoxy) is 2. The zero-order valence-corrected chi connectivity index (χ0v) is 17.8. The van der Waals surface area contributed by atoms with Crippen molar-refractivity contribution in [1.82, 2.24) is 9.47 Å². The van der Waals surface area contributed by atoms with Crippen LogP contribution in [-0.2, 0) is 27.4 Å². The summed E-state index contributed by atoms with van der Waals surface area (Å²) >= 11 is 0. The lowest BCUT2D eigenvalue weighted by atomic mass is 10.1. The quantitative estimate of drug-likeness (QED) is 0.653. The van der Waals surface area contributed by atoms with Crippen molar-refractivity contribution < 1.29 is 23.9 Å². The number of esters is 2. The van der Waals surface area contributed by atoms with Crippen molar-refractivity contribution in [2.45, 2.75) is 46.8 Å². The fourth-order valence-corrected chi connectivity index (χ4v) is 3.64. The molecule has 160 valence electrons. The molecule has 1 aliphatic heterocycles. The van der Waals surface area contributed by atoms with Crippen LogP contribution in [0.2, 0.25) is 0 Å². The molecule has 1 aromatic heterocycles. The topological polar surface area (TPSA) is 77.8 Å². The molecule has 0 radical (unpaired) electrons. The van der Waals surface area contributed by atoms with Crippen molar-refractivity contribution in [2.75, 3.05) is 19.7 Å². The van der Waals surface area contributed by atoms with Gasteiger partial charge in [0.05, 0.1) is 12.2 Å². The molecule has 7 heteroatoms. The molecule has 1 fully saturated rings. The van der Waals surface area contributed by atoms with Crippen LogP contribution < -0.4 is 0 Å². The van der Waals surface area contributed by atoms with E-state index in [1.807, 2.05) is 24.0 Å². The van der Waals surface area contributed by atoms with Gasteiger partial charge in [0, 0.05) is 30.0 Å². The van der Waals surface area contributed by atoms with E-state index in [4.69, 9.17) is 9.47 Å². The van der Waals surface area contributed by atoms with E-state index in [0.717, 1.165) is 37.2 Å². The van der Waals surface area contributed by atoms with Gasteiger partial charge in [-0.2, -0.15) is 0 Å². The van der Waals surface area contributed by atoms with Crippen LogP contribution in [0.5, 0.6) is 0 Å². The first kappa shape index (κ1) is 21.6. The van der Waals surface area contributed by atoms with Crippen molar-refractivity contribution in [3.63, 3.8) is 0 Å². The van der Waals surface area contributed by atoms with Gasteiger partial charge in [-0.3, -0.25) is 9.59 Å². The van der Waals surface area contributed by atoms with Gasteiger partial charge in [0.25, 0.3) is 5.91 Å². The van der Waals surface area contributed by atoms with Crippen molar-refractivity contribution in [2.24, 2.45) is 0 Å². The average Bonchev–Trinajstić information content (AvgIpc) is 3.37. The summed E-state index contributed by atoms with van der Waals surface area (Å²) in [6.07, 6.45) is 2.11. The highest BCUT2D eigenvalue weighted by molar-refractivity contribution is 5.94. The van der Waals surface area contributed by atoms with Crippen molar-refractivity contribution >= 4 is 17.8 Å². The number of aryl methyl sites for hydroxylation is 1. The predicted octanol–water partition coefficient (Wildman–Crippen LogP) is 3.26. The second-order valence-electron chi connectivity index (χ2n) is 7.45. The molecule has 7 nitrogen and oxygen atoms in total. The molecule has 0 atom stereocenters. The summed E-state index contributed by atoms with van der Waals surface area (Å²) in [5.74, 6) is -0.745. The Hall–Kier alpha value is -3.09. The number of benzene rings is 1. The number of hydrogen-bond acceptors (Lipinski definition) is 5. The molecule has 0 aliphatic carbocycles. The van der Waals surface area contributed by atoms with E-state index in [-0.39, 0.29) is 19.1 Å². The van der Waals surface area contributed by atoms with Crippen LogP contribution >= 0.6 is 0 Å². The molecule has 1 aromatic carbocycles. The Morgan fingerprint density at radius 1 is 1.00 bits per heavy atom. The minimum atomic E-state index is -0.399. The zero-order valence-electron chi connectivity index (χ0n) is 17.8. The normalized spacial score (nSPS) is 13.4. The van der Waals surface area contributed by atoms with Crippen molar-refractivity contribution in [3.05, 3.63) is 58.4 Å². The van der Waals surface area contributed by atoms with E-state index in [0.29, 0.717) is 23.4 Å². The van der Waals surface area contributed by atoms with Gasteiger partial charge in [0.1, 0.15) is 13.2 Å². The van der Waals surface area contributed by atoms with Crippen LogP contribution in [0.4, 0.5) is 0 Å². The first-order chi connectivity index (χ1) is 14.4. The van der Waals surface area contributed by atoms with Crippen LogP contribution in [-0.4, -0.2) is 47.0 Å². The van der Waals surface area contributed by atoms with Crippen LogP contribution in [0.1, 0.15) is 57.4 Å². The van der Waals surface area contributed by atoms with Crippen molar-refractivity contribution in [3.8, 4) is 0 Å². The lowest BCUT2D eigenvalue weighted by Crippen LogP contribution is -2.27. The molecule has 3 rings (SSSR count). The molecule has 1 aliphatic rings. The van der Waals surface area contributed by atoms with Gasteiger partial charge in [0.2, 0.25) is 0 Å². The first-order valence-electron chi connectivity index (χ1n) is 10.3. The largest absolute Gasteiger partial charge is 0.462 e. The van der Waals surface area contributed by atoms with Gasteiger partial charge in [-0.1, -0.05) is 12.1 Å². The monoisotopic (exact) mass is 412 g/mol. The fraction of sp³-hybridized carbons (Fsp3) is 0.435. The second kappa shape index (κ2) is 9.61. The minimum absolute atomic E-state index is 0.0165. The number of rotatable bonds is 7. The van der Waals surface area contributed by atoms with E-state index in [1.165, 1.54) is 0 Å². The molecule has 2 aromatic rings. The van der Waals surface area contributed by atoms with E-state index >= 15 is 0 Å². The average molecular weight is 412 g/mol. The van der Waals surface area contributed by atoms with Crippen LogP contribution in [0, 0.1) is 13.8 Å². The van der Waals surface area contributed by atoms with E-state index in [1.54, 1.807) is 36.6 Å². The highest BCUT2D eigenvalue weighted by atomic mass is 16.5. The number of amides is 1. The molecule has 1 amide bonds. The summed E-state index contributed by atoms with van der Waals surface area (Å²) in [4.78, 5) is 38.6. The maximum absolute atomic E-state index is 12.4. The number of carbonyl (C=O) groups is 3. The van der Waals surface area contributed by atoms with Gasteiger partial charge in [-0.15, -0.1) is 0 Å². The highest BCUT2D eigenvalue weighted by Gasteiger charge is 2.20. The Morgan fingerprint density at radius 2 is 1.67 bits per heavy atom. The summed E-state index contributed by atoms with van der Waals surface area (Å²) in [5, 5.41) is 0. The molecule has 0 N–H and O–H groups in total. The predicted molar refractivity (Wildman–Crippen MR) is 111 cm³/mol. The van der Waals surface area contributed by atoms with Gasteiger partial charge < -0.3 is 18.9 Å². The number of hydrogen-bond donors (Lipinski definition) is 0. The highest BCUT2D eigenvalue weighted by Crippen LogP contribution is 2.17. The number of nitrogens with zero attached hydrogens (tertiary/aromatic N) is 2. The third-order valence-corrected chi connectivity index (χ3v) is 5.35. The van der Waals surface area contributed by atoms with Crippen molar-refractivity contribution in [1.29, 1.82) is 0 Å². The lowest BCUT2D eigenvalue weighted by Gasteiger charge is -2.15. The molecule has 0 unspecified atom stereocenters. The summed E-state index contributed by atoms with van der Waals surface area (Å²) in [6, 6.07) is 8.88. The van der Waals surface area contributed by atoms with Crippen LogP contribution in [0.3, 0.4) is 0 Å². The van der Waals surface area contributed by atoms with Gasteiger partial charge in [0.15, 0.2) is 0 Å². The molecular formula is C23H28N2O5. The Labute approximate surface area is 176 Å². The summed E-state index contributed by atoms with van der Waals surface area (Å²) in [5.41, 5.74) is 3.39. The number of likely N-dealkylation sites (tertiary alicyclic amines) is 1. The molecular weight excluding hydrogens is 384 g/mol. The third kappa shape index (κ3) is 4.90. The maximum atomic E-state index is 12.4. The SMILES string of the molecule is CCOC(=O)c1cc(C)n(CC(=O)OCc2ccc(C(=O)N3CCCC3)cc2)c1C. The van der Waals surface area contributed by atoms with Crippen LogP contribution in [0.15, 0.2) is 30.3 Å². The fourth-order valence-electron chi connectivity index (χ4n) is 3.64. The lowest BCUT2D eigenvalue weighted by molar-refractivity contribution is -0.145. The molecule has 0 spiro atoms. The van der Waals surface area contributed by atoms with Gasteiger partial charge in [-0.25, -0.2) is 4.79 Å². The third-order valence-electron chi connectivity index (χ3n) is 5.35. The van der Waals surface area contributed by atoms with Gasteiger partial charge >= 0.3 is 11.9 Å². The molecule has 0 bridgehead atoms. The standard InChI is InChI=1S/C23H28N2O5/c1-4-29-23(28)20-13-16(2)25(17(20)3)14-21(26)30-15-18-7-9-19(10-8-18)22(27)24-11-5-6-12-24/h7-10,13H,4-6,11-12,14-15H2,1-3H3. The van der Waals surface area contributed by atoms with E-state index in [2.05, 4.69) is 0 Å². The first-order valence-corrected chi connectivity index (χ1v) is 10.3. The maximum Gasteiger partial charge on any atom is 0.339 e. The summed E-state index contributed by atoms with van der Waals surface area (Å²) < 4.78 is 12.2. The van der Waals surface area contributed by atoms with Crippen LogP contribution in [0.25, 0.3) is 0 Å². The molecule has 2 heterocycles. The Kier molecular flexibility index (Phi) is 6.92. The Bertz CT molecular complexity index is 924.